The van der Waals surface area contributed by atoms with E-state index in [-0.39, 0.29) is 22.8 Å². The summed E-state index contributed by atoms with van der Waals surface area (Å²) in [5, 5.41) is 24.5. The molecule has 8 nitrogen and oxygen atoms in total. The zero-order valence-electron chi connectivity index (χ0n) is 15.8. The highest BCUT2D eigenvalue weighted by Gasteiger charge is 2.26. The van der Waals surface area contributed by atoms with Gasteiger partial charge in [-0.3, -0.25) is 4.79 Å². The molecule has 0 saturated carbocycles. The van der Waals surface area contributed by atoms with Crippen molar-refractivity contribution in [2.75, 3.05) is 7.11 Å². The summed E-state index contributed by atoms with van der Waals surface area (Å²) in [6.45, 7) is 0. The zero-order valence-corrected chi connectivity index (χ0v) is 15.8. The van der Waals surface area contributed by atoms with Gasteiger partial charge in [-0.1, -0.05) is 18.2 Å². The first-order chi connectivity index (χ1) is 14.5. The number of nitrogens with two attached hydrogens (primary N) is 1. The minimum Gasteiger partial charge on any atom is -0.504 e. The summed E-state index contributed by atoms with van der Waals surface area (Å²) >= 11 is 0. The van der Waals surface area contributed by atoms with Crippen molar-refractivity contribution >= 4 is 22.8 Å². The van der Waals surface area contributed by atoms with E-state index in [2.05, 4.69) is 5.10 Å². The van der Waals surface area contributed by atoms with E-state index in [1.54, 1.807) is 16.8 Å². The lowest BCUT2D eigenvalue weighted by Gasteiger charge is -2.11. The number of carbonyl (C=O) groups is 1. The van der Waals surface area contributed by atoms with Crippen molar-refractivity contribution in [2.24, 2.45) is 10.7 Å². The third kappa shape index (κ3) is 2.44. The fourth-order valence-corrected chi connectivity index (χ4v) is 3.80. The average molecular weight is 400 g/mol. The van der Waals surface area contributed by atoms with Gasteiger partial charge in [0, 0.05) is 28.5 Å². The average Bonchev–Trinajstić information content (AvgIpc) is 3.10. The number of benzene rings is 2. The number of rotatable bonds is 3. The van der Waals surface area contributed by atoms with E-state index in [1.165, 1.54) is 19.4 Å². The van der Waals surface area contributed by atoms with Crippen LogP contribution in [0.15, 0.2) is 59.9 Å². The van der Waals surface area contributed by atoms with Crippen molar-refractivity contribution in [3.63, 3.8) is 0 Å². The number of nitrogens with zero attached hydrogens (tertiary/aromatic N) is 3. The van der Waals surface area contributed by atoms with Gasteiger partial charge in [0.2, 0.25) is 5.75 Å². The number of amides is 1. The topological polar surface area (TPSA) is 122 Å². The van der Waals surface area contributed by atoms with Crippen LogP contribution in [-0.4, -0.2) is 38.6 Å². The van der Waals surface area contributed by atoms with Crippen LogP contribution in [-0.2, 0) is 0 Å². The number of methoxy groups -OCH3 is 1. The van der Waals surface area contributed by atoms with Crippen LogP contribution in [0.2, 0.25) is 0 Å². The van der Waals surface area contributed by atoms with E-state index >= 15 is 0 Å². The highest BCUT2D eigenvalue weighted by Crippen LogP contribution is 2.42. The lowest BCUT2D eigenvalue weighted by atomic mass is 9.96. The van der Waals surface area contributed by atoms with E-state index in [4.69, 9.17) is 15.5 Å². The first-order valence-electron chi connectivity index (χ1n) is 9.08. The van der Waals surface area contributed by atoms with Crippen LogP contribution in [0, 0.1) is 0 Å². The Balaban J connectivity index is 1.92. The van der Waals surface area contributed by atoms with Gasteiger partial charge in [0.05, 0.1) is 35.8 Å². The summed E-state index contributed by atoms with van der Waals surface area (Å²) in [5.74, 6) is -1.15. The van der Waals surface area contributed by atoms with Crippen LogP contribution in [0.5, 0.6) is 17.2 Å². The molecule has 0 fully saturated rings. The lowest BCUT2D eigenvalue weighted by molar-refractivity contribution is 0.100. The number of ether oxygens (including phenoxy) is 1. The number of fused-ring (bicyclic) bond motifs is 2. The maximum absolute atomic E-state index is 12.2. The molecule has 5 rings (SSSR count). The first-order valence-corrected chi connectivity index (χ1v) is 9.08. The molecule has 0 bridgehead atoms. The third-order valence-corrected chi connectivity index (χ3v) is 5.16. The van der Waals surface area contributed by atoms with Gasteiger partial charge in [-0.25, -0.2) is 9.51 Å². The van der Waals surface area contributed by atoms with Crippen LogP contribution in [0.25, 0.3) is 16.6 Å². The number of aliphatic imine (C=N–C) groups is 1. The molecule has 1 aliphatic rings. The maximum Gasteiger partial charge on any atom is 0.251 e. The van der Waals surface area contributed by atoms with Crippen molar-refractivity contribution in [3.8, 4) is 28.4 Å². The molecule has 4 N–H and O–H groups in total. The second-order valence-electron chi connectivity index (χ2n) is 6.84. The number of para-hydroxylation sites is 1. The van der Waals surface area contributed by atoms with Gasteiger partial charge in [-0.05, 0) is 24.3 Å². The number of primary amides is 1. The number of phenolic OH excluding ortho intramolecular Hbond substituents is 2. The Hall–Kier alpha value is -4.33. The second kappa shape index (κ2) is 6.35. The van der Waals surface area contributed by atoms with Crippen LogP contribution in [0.1, 0.15) is 21.5 Å². The summed E-state index contributed by atoms with van der Waals surface area (Å²) in [6.07, 6.45) is 3.21. The van der Waals surface area contributed by atoms with Gasteiger partial charge in [-0.2, -0.15) is 5.10 Å². The molecule has 3 heterocycles. The molecule has 8 heteroatoms. The summed E-state index contributed by atoms with van der Waals surface area (Å²) in [7, 11) is 1.40. The van der Waals surface area contributed by atoms with Crippen LogP contribution in [0.3, 0.4) is 0 Å². The van der Waals surface area contributed by atoms with E-state index in [1.807, 2.05) is 30.3 Å². The molecule has 0 radical (unpaired) electrons. The summed E-state index contributed by atoms with van der Waals surface area (Å²) in [6, 6.07) is 12.3. The Labute approximate surface area is 170 Å². The first kappa shape index (κ1) is 17.7. The summed E-state index contributed by atoms with van der Waals surface area (Å²) < 4.78 is 6.85. The van der Waals surface area contributed by atoms with Gasteiger partial charge < -0.3 is 20.7 Å². The van der Waals surface area contributed by atoms with Crippen molar-refractivity contribution in [1.29, 1.82) is 0 Å². The van der Waals surface area contributed by atoms with Gasteiger partial charge in [0.15, 0.2) is 11.5 Å². The van der Waals surface area contributed by atoms with Crippen molar-refractivity contribution in [2.45, 2.75) is 0 Å². The van der Waals surface area contributed by atoms with Gasteiger partial charge >= 0.3 is 0 Å². The van der Waals surface area contributed by atoms with Crippen LogP contribution < -0.4 is 10.5 Å². The maximum atomic E-state index is 12.2. The minimum atomic E-state index is -0.589. The SMILES string of the molecule is COc1cc(C2=Nc3ccccc3-c3c(C(N)=O)cnn4ccc2c34)cc(O)c1O. The van der Waals surface area contributed by atoms with Crippen LogP contribution >= 0.6 is 0 Å². The van der Waals surface area contributed by atoms with Crippen molar-refractivity contribution in [1.82, 2.24) is 9.61 Å². The van der Waals surface area contributed by atoms with Crippen molar-refractivity contribution < 1.29 is 19.7 Å². The number of aromatic nitrogens is 2. The van der Waals surface area contributed by atoms with E-state index < -0.39 is 5.91 Å². The monoisotopic (exact) mass is 400 g/mol. The lowest BCUT2D eigenvalue weighted by Crippen LogP contribution is -2.14. The molecule has 4 aromatic rings. The van der Waals surface area contributed by atoms with Gasteiger partial charge in [0.1, 0.15) is 0 Å². The predicted molar refractivity (Wildman–Crippen MR) is 111 cm³/mol. The fourth-order valence-electron chi connectivity index (χ4n) is 3.80. The number of hydrogen-bond acceptors (Lipinski definition) is 6. The molecule has 1 aliphatic heterocycles. The zero-order chi connectivity index (χ0) is 21.0. The molecule has 2 aromatic carbocycles. The Morgan fingerprint density at radius 2 is 1.93 bits per heavy atom. The molecule has 1 amide bonds. The number of hydrogen-bond donors (Lipinski definition) is 3. The Bertz CT molecular complexity index is 1390. The largest absolute Gasteiger partial charge is 0.504 e. The smallest absolute Gasteiger partial charge is 0.251 e. The molecule has 0 saturated heterocycles. The Morgan fingerprint density at radius 3 is 2.70 bits per heavy atom. The number of aromatic hydroxyl groups is 2. The minimum absolute atomic E-state index is 0.116. The Kier molecular flexibility index (Phi) is 3.75. The fraction of sp³-hybridized carbons (Fsp3) is 0.0455. The molecule has 0 unspecified atom stereocenters. The quantitative estimate of drug-likeness (QED) is 0.402. The van der Waals surface area contributed by atoms with E-state index in [0.717, 1.165) is 5.56 Å². The molecule has 148 valence electrons. The van der Waals surface area contributed by atoms with E-state index in [9.17, 15) is 15.0 Å². The third-order valence-electron chi connectivity index (χ3n) is 5.16. The van der Waals surface area contributed by atoms with Gasteiger partial charge in [0.25, 0.3) is 5.91 Å². The highest BCUT2D eigenvalue weighted by atomic mass is 16.5. The molecule has 30 heavy (non-hydrogen) atoms. The number of phenols is 2. The molecule has 0 aliphatic carbocycles. The predicted octanol–water partition coefficient (Wildman–Crippen LogP) is 3.00. The molecular weight excluding hydrogens is 384 g/mol. The molecule has 0 atom stereocenters. The Morgan fingerprint density at radius 1 is 1.13 bits per heavy atom. The molecule has 0 spiro atoms. The standard InChI is InChI=1S/C22H16N4O4/c1-30-17-9-11(8-16(27)21(17)28)19-13-6-7-26-20(13)18(14(10-24-26)22(23)29)12-4-2-3-5-15(12)25-19/h2-10,27-28H,1H3,(H2,23,29). The van der Waals surface area contributed by atoms with Gasteiger partial charge in [-0.15, -0.1) is 0 Å². The number of carbonyl (C=O) groups excluding carboxylic acids is 1. The normalized spacial score (nSPS) is 12.2. The highest BCUT2D eigenvalue weighted by molar-refractivity contribution is 6.22. The second-order valence-corrected chi connectivity index (χ2v) is 6.84. The van der Waals surface area contributed by atoms with Crippen molar-refractivity contribution in [3.05, 3.63) is 71.5 Å². The van der Waals surface area contributed by atoms with E-state index in [0.29, 0.717) is 33.6 Å². The molecular formula is C22H16N4O4. The summed E-state index contributed by atoms with van der Waals surface area (Å²) in [4.78, 5) is 17.0. The summed E-state index contributed by atoms with van der Waals surface area (Å²) in [5.41, 5.74) is 10.4. The van der Waals surface area contributed by atoms with Crippen LogP contribution in [0.4, 0.5) is 5.69 Å². The molecule has 2 aromatic heterocycles.